The fourth-order valence-corrected chi connectivity index (χ4v) is 4.97. The summed E-state index contributed by atoms with van der Waals surface area (Å²) < 4.78 is 11.0. The Balaban J connectivity index is 1.68. The first-order valence-electron chi connectivity index (χ1n) is 10.1. The third kappa shape index (κ3) is 3.04. The molecule has 2 heterocycles. The minimum absolute atomic E-state index is 0.144. The summed E-state index contributed by atoms with van der Waals surface area (Å²) in [7, 11) is 3.34. The van der Waals surface area contributed by atoms with Gasteiger partial charge in [-0.15, -0.1) is 0 Å². The highest BCUT2D eigenvalue weighted by molar-refractivity contribution is 6.31. The highest BCUT2D eigenvalue weighted by Gasteiger charge is 2.36. The van der Waals surface area contributed by atoms with Crippen molar-refractivity contribution in [2.75, 3.05) is 20.8 Å². The third-order valence-corrected chi connectivity index (χ3v) is 6.44. The second-order valence-corrected chi connectivity index (χ2v) is 8.04. The van der Waals surface area contributed by atoms with E-state index >= 15 is 0 Å². The number of para-hydroxylation sites is 1. The first-order chi connectivity index (χ1) is 14.7. The van der Waals surface area contributed by atoms with Crippen molar-refractivity contribution in [1.82, 2.24) is 4.98 Å². The summed E-state index contributed by atoms with van der Waals surface area (Å²) in [6, 6.07) is 23.0. The molecule has 4 aromatic rings. The predicted octanol–water partition coefficient (Wildman–Crippen LogP) is 4.64. The Bertz CT molecular complexity index is 1220. The molecule has 1 aliphatic rings. The summed E-state index contributed by atoms with van der Waals surface area (Å²) in [4.78, 5) is 3.70. The maximum Gasteiger partial charge on any atom is 0.161 e. The summed E-state index contributed by atoms with van der Waals surface area (Å²) in [5.74, 6) is 1.71. The number of hydrogen-bond donors (Lipinski definition) is 2. The minimum atomic E-state index is 0.144. The number of hydrogen-bond acceptors (Lipinski definition) is 2. The highest BCUT2D eigenvalue weighted by Crippen LogP contribution is 2.41. The average molecular weight is 420 g/mol. The predicted molar refractivity (Wildman–Crippen MR) is 120 cm³/mol. The molecule has 0 saturated carbocycles. The average Bonchev–Trinajstić information content (AvgIpc) is 3.18. The Kier molecular flexibility index (Phi) is 4.89. The Morgan fingerprint density at radius 3 is 2.50 bits per heavy atom. The molecule has 0 unspecified atom stereocenters. The van der Waals surface area contributed by atoms with Gasteiger partial charge >= 0.3 is 0 Å². The van der Waals surface area contributed by atoms with Gasteiger partial charge < -0.3 is 19.8 Å². The molecule has 30 heavy (non-hydrogen) atoms. The molecule has 0 radical (unpaired) electrons. The third-order valence-electron chi connectivity index (χ3n) is 6.09. The van der Waals surface area contributed by atoms with E-state index in [1.54, 1.807) is 14.2 Å². The van der Waals surface area contributed by atoms with Crippen molar-refractivity contribution in [3.05, 3.63) is 94.1 Å². The van der Waals surface area contributed by atoms with Crippen LogP contribution in [0.5, 0.6) is 11.5 Å². The molecule has 3 N–H and O–H groups in total. The van der Waals surface area contributed by atoms with Gasteiger partial charge in [-0.25, -0.2) is 0 Å². The Morgan fingerprint density at radius 2 is 1.70 bits per heavy atom. The van der Waals surface area contributed by atoms with E-state index < -0.39 is 0 Å². The molecule has 152 valence electrons. The SMILES string of the molecule is COc1ccc([C@H]2[NH2+]C[C@H](c3ccccc3Cl)c3c2[nH]c2ccccc32)cc1OC. The molecule has 2 atom stereocenters. The van der Waals surface area contributed by atoms with Crippen LogP contribution in [0.2, 0.25) is 5.02 Å². The number of nitrogens with two attached hydrogens (primary N) is 1. The van der Waals surface area contributed by atoms with E-state index in [2.05, 4.69) is 58.8 Å². The fraction of sp³-hybridized carbons (Fsp3) is 0.200. The molecule has 1 aliphatic heterocycles. The second kappa shape index (κ2) is 7.71. The van der Waals surface area contributed by atoms with E-state index in [9.17, 15) is 0 Å². The van der Waals surface area contributed by atoms with Crippen molar-refractivity contribution in [2.24, 2.45) is 0 Å². The number of fused-ring (bicyclic) bond motifs is 3. The lowest BCUT2D eigenvalue weighted by Gasteiger charge is -2.29. The number of aromatic nitrogens is 1. The molecule has 4 nitrogen and oxygen atoms in total. The molecule has 0 spiro atoms. The van der Waals surface area contributed by atoms with Gasteiger partial charge in [0.25, 0.3) is 0 Å². The van der Waals surface area contributed by atoms with Gasteiger partial charge in [0.1, 0.15) is 0 Å². The van der Waals surface area contributed by atoms with E-state index in [1.165, 1.54) is 27.8 Å². The van der Waals surface area contributed by atoms with Gasteiger partial charge in [0.05, 0.1) is 32.4 Å². The smallest absolute Gasteiger partial charge is 0.161 e. The van der Waals surface area contributed by atoms with E-state index in [0.29, 0.717) is 0 Å². The Hall–Kier alpha value is -2.95. The Morgan fingerprint density at radius 1 is 0.933 bits per heavy atom. The largest absolute Gasteiger partial charge is 0.493 e. The number of H-pyrrole nitrogens is 1. The van der Waals surface area contributed by atoms with E-state index in [4.69, 9.17) is 21.1 Å². The number of aromatic amines is 1. The molecule has 0 fully saturated rings. The van der Waals surface area contributed by atoms with Crippen LogP contribution in [-0.4, -0.2) is 25.7 Å². The number of halogens is 1. The molecule has 1 aromatic heterocycles. The maximum atomic E-state index is 6.61. The van der Waals surface area contributed by atoms with Crippen LogP contribution >= 0.6 is 11.6 Å². The molecule has 0 aliphatic carbocycles. The van der Waals surface area contributed by atoms with Crippen LogP contribution in [0.25, 0.3) is 10.9 Å². The van der Waals surface area contributed by atoms with Crippen LogP contribution in [0.1, 0.15) is 34.3 Å². The highest BCUT2D eigenvalue weighted by atomic mass is 35.5. The maximum absolute atomic E-state index is 6.61. The normalized spacial score (nSPS) is 18.2. The Labute approximate surface area is 180 Å². The van der Waals surface area contributed by atoms with Crippen LogP contribution in [0, 0.1) is 0 Å². The van der Waals surface area contributed by atoms with Crippen molar-refractivity contribution < 1.29 is 14.8 Å². The van der Waals surface area contributed by atoms with E-state index in [0.717, 1.165) is 28.6 Å². The zero-order valence-electron chi connectivity index (χ0n) is 17.0. The summed E-state index contributed by atoms with van der Waals surface area (Å²) >= 11 is 6.61. The first-order valence-corrected chi connectivity index (χ1v) is 10.5. The lowest BCUT2D eigenvalue weighted by Crippen LogP contribution is -2.88. The number of benzene rings is 3. The van der Waals surface area contributed by atoms with E-state index in [-0.39, 0.29) is 12.0 Å². The molecule has 0 amide bonds. The number of methoxy groups -OCH3 is 2. The fourth-order valence-electron chi connectivity index (χ4n) is 4.70. The summed E-state index contributed by atoms with van der Waals surface area (Å²) in [6.45, 7) is 0.914. The number of rotatable bonds is 4. The molecular formula is C25H24ClN2O2+. The minimum Gasteiger partial charge on any atom is -0.493 e. The van der Waals surface area contributed by atoms with Gasteiger partial charge in [0.15, 0.2) is 17.5 Å². The van der Waals surface area contributed by atoms with Crippen molar-refractivity contribution >= 4 is 22.5 Å². The first kappa shape index (κ1) is 19.0. The van der Waals surface area contributed by atoms with Gasteiger partial charge in [-0.1, -0.05) is 48.0 Å². The number of quaternary nitrogens is 1. The number of nitrogens with one attached hydrogen (secondary N) is 1. The molecule has 5 rings (SSSR count). The monoisotopic (exact) mass is 419 g/mol. The van der Waals surface area contributed by atoms with Crippen molar-refractivity contribution in [2.45, 2.75) is 12.0 Å². The molecule has 3 aromatic carbocycles. The summed E-state index contributed by atoms with van der Waals surface area (Å²) in [6.07, 6.45) is 0. The standard InChI is InChI=1S/C25H23ClN2O2/c1-29-21-12-11-15(13-22(21)30-2)24-25-23(17-8-4-6-10-20(17)28-25)18(14-27-24)16-7-3-5-9-19(16)26/h3-13,18,24,27-28H,14H2,1-2H3/p+1/t18-,24-/m1/s1. The van der Waals surface area contributed by atoms with E-state index in [1.807, 2.05) is 18.2 Å². The molecule has 0 saturated heterocycles. The van der Waals surface area contributed by atoms with Crippen LogP contribution < -0.4 is 14.8 Å². The van der Waals surface area contributed by atoms with Crippen molar-refractivity contribution in [1.29, 1.82) is 0 Å². The zero-order valence-corrected chi connectivity index (χ0v) is 17.7. The number of ether oxygens (including phenoxy) is 2. The van der Waals surface area contributed by atoms with Gasteiger partial charge in [-0.3, -0.25) is 0 Å². The van der Waals surface area contributed by atoms with Gasteiger partial charge in [-0.2, -0.15) is 0 Å². The topological polar surface area (TPSA) is 50.9 Å². The quantitative estimate of drug-likeness (QED) is 0.506. The van der Waals surface area contributed by atoms with Crippen LogP contribution in [0.15, 0.2) is 66.7 Å². The zero-order chi connectivity index (χ0) is 20.7. The van der Waals surface area contributed by atoms with Crippen molar-refractivity contribution in [3.8, 4) is 11.5 Å². The van der Waals surface area contributed by atoms with Gasteiger partial charge in [0, 0.05) is 27.1 Å². The van der Waals surface area contributed by atoms with Gasteiger partial charge in [0.2, 0.25) is 0 Å². The van der Waals surface area contributed by atoms with Crippen LogP contribution in [-0.2, 0) is 0 Å². The van der Waals surface area contributed by atoms with Crippen LogP contribution in [0.3, 0.4) is 0 Å². The lowest BCUT2D eigenvalue weighted by molar-refractivity contribution is -0.692. The van der Waals surface area contributed by atoms with Crippen molar-refractivity contribution in [3.63, 3.8) is 0 Å². The molecule has 5 heteroatoms. The molecule has 0 bridgehead atoms. The second-order valence-electron chi connectivity index (χ2n) is 7.64. The lowest BCUT2D eigenvalue weighted by atomic mass is 9.83. The van der Waals surface area contributed by atoms with Crippen LogP contribution in [0.4, 0.5) is 0 Å². The summed E-state index contributed by atoms with van der Waals surface area (Å²) in [5.41, 5.74) is 6.06. The molecular weight excluding hydrogens is 396 g/mol. The summed E-state index contributed by atoms with van der Waals surface area (Å²) in [5, 5.41) is 4.46. The van der Waals surface area contributed by atoms with Gasteiger partial charge in [-0.05, 0) is 35.9 Å².